The molecule has 1 fully saturated rings. The smallest absolute Gasteiger partial charge is 0.223 e. The lowest BCUT2D eigenvalue weighted by molar-refractivity contribution is -0.129. The molecule has 0 spiro atoms. The Hall–Kier alpha value is -3.45. The summed E-state index contributed by atoms with van der Waals surface area (Å²) in [4.78, 5) is 19.3. The zero-order valence-corrected chi connectivity index (χ0v) is 20.5. The fraction of sp³-hybridized carbons (Fsp3) is 0.296. The molecule has 1 aliphatic heterocycles. The number of allylic oxidation sites excluding steroid dienone is 1. The normalized spacial score (nSPS) is 16.6. The Kier molecular flexibility index (Phi) is 7.66. The summed E-state index contributed by atoms with van der Waals surface area (Å²) in [5, 5.41) is 14.4. The molecule has 6 nitrogen and oxygen atoms in total. The Balaban J connectivity index is 1.71. The number of hydrogen-bond donors (Lipinski definition) is 1. The second kappa shape index (κ2) is 10.9. The van der Waals surface area contributed by atoms with Gasteiger partial charge in [-0.15, -0.1) is 11.6 Å². The second-order valence-corrected chi connectivity index (χ2v) is 8.82. The highest BCUT2D eigenvalue weighted by Crippen LogP contribution is 2.37. The number of benzene rings is 2. The Morgan fingerprint density at radius 2 is 2.06 bits per heavy atom. The lowest BCUT2D eigenvalue weighted by Crippen LogP contribution is -2.30. The highest BCUT2D eigenvalue weighted by molar-refractivity contribution is 6.25. The molecule has 0 saturated carbocycles. The van der Waals surface area contributed by atoms with Crippen molar-refractivity contribution in [3.05, 3.63) is 82.9 Å². The average molecular weight is 495 g/mol. The minimum atomic E-state index is -0.274. The van der Waals surface area contributed by atoms with Crippen LogP contribution in [0.3, 0.4) is 0 Å². The van der Waals surface area contributed by atoms with Crippen LogP contribution < -0.4 is 0 Å². The molecule has 8 heteroatoms. The first kappa shape index (κ1) is 24.7. The maximum atomic E-state index is 13.9. The summed E-state index contributed by atoms with van der Waals surface area (Å²) < 4.78 is 15.6. The largest absolute Gasteiger partial charge is 0.508 e. The molecule has 2 heterocycles. The van der Waals surface area contributed by atoms with Crippen LogP contribution in [0, 0.1) is 12.7 Å². The van der Waals surface area contributed by atoms with Crippen LogP contribution in [0.15, 0.2) is 59.7 Å². The number of aromatic hydroxyl groups is 1. The topological polar surface area (TPSA) is 70.7 Å². The second-order valence-electron chi connectivity index (χ2n) is 8.51. The molecule has 1 atom stereocenters. The van der Waals surface area contributed by atoms with Gasteiger partial charge in [0, 0.05) is 30.9 Å². The highest BCUT2D eigenvalue weighted by atomic mass is 35.5. The van der Waals surface area contributed by atoms with E-state index in [-0.39, 0.29) is 29.4 Å². The number of aromatic nitrogens is 2. The number of aliphatic imine (C=N–C) groups is 1. The first-order valence-corrected chi connectivity index (χ1v) is 12.1. The summed E-state index contributed by atoms with van der Waals surface area (Å²) in [5.41, 5.74) is 4.52. The fourth-order valence-electron chi connectivity index (χ4n) is 4.39. The van der Waals surface area contributed by atoms with Crippen LogP contribution in [-0.2, 0) is 11.2 Å². The van der Waals surface area contributed by atoms with Gasteiger partial charge in [-0.1, -0.05) is 18.2 Å². The minimum absolute atomic E-state index is 0.0939. The monoisotopic (exact) mass is 494 g/mol. The lowest BCUT2D eigenvalue weighted by Gasteiger charge is -2.25. The van der Waals surface area contributed by atoms with Gasteiger partial charge in [-0.25, -0.2) is 9.07 Å². The van der Waals surface area contributed by atoms with Gasteiger partial charge in [0.05, 0.1) is 23.3 Å². The van der Waals surface area contributed by atoms with Crippen molar-refractivity contribution < 1.29 is 14.3 Å². The van der Waals surface area contributed by atoms with Gasteiger partial charge in [0.15, 0.2) is 0 Å². The third kappa shape index (κ3) is 5.46. The zero-order valence-electron chi connectivity index (χ0n) is 19.8. The lowest BCUT2D eigenvalue weighted by atomic mass is 10.0. The van der Waals surface area contributed by atoms with Gasteiger partial charge in [-0.2, -0.15) is 5.10 Å². The summed E-state index contributed by atoms with van der Waals surface area (Å²) in [5.74, 6) is 0.305. The molecular weight excluding hydrogens is 467 g/mol. The van der Waals surface area contributed by atoms with E-state index >= 15 is 0 Å². The predicted octanol–water partition coefficient (Wildman–Crippen LogP) is 5.60. The number of carbonyl (C=O) groups is 1. The van der Waals surface area contributed by atoms with Gasteiger partial charge in [-0.05, 0) is 68.1 Å². The summed E-state index contributed by atoms with van der Waals surface area (Å²) >= 11 is 5.84. The molecule has 35 heavy (non-hydrogen) atoms. The maximum absolute atomic E-state index is 13.9. The average Bonchev–Trinajstić information content (AvgIpc) is 3.45. The number of hydrogen-bond acceptors (Lipinski definition) is 4. The van der Waals surface area contributed by atoms with Crippen LogP contribution in [0.4, 0.5) is 4.39 Å². The number of nitrogens with zero attached hydrogens (tertiary/aromatic N) is 4. The Morgan fingerprint density at radius 3 is 2.74 bits per heavy atom. The number of amides is 1. The van der Waals surface area contributed by atoms with E-state index in [1.807, 2.05) is 36.2 Å². The summed E-state index contributed by atoms with van der Waals surface area (Å²) in [7, 11) is 0. The Bertz CT molecular complexity index is 1270. The van der Waals surface area contributed by atoms with Crippen molar-refractivity contribution in [1.82, 2.24) is 14.7 Å². The standard InChI is InChI=1S/C27H28ClFN4O2/c1-3-24(30-14-13-28)27-22(17-33(31-27)20-6-9-23(29)18(2)16-20)25-10-11-26(35)32(25)15-12-19-4-7-21(34)8-5-19/h3-9,14,16-17,25,34H,10-13,15H2,1-2H3/b24-3-,30-14?. The molecule has 0 bridgehead atoms. The van der Waals surface area contributed by atoms with Gasteiger partial charge in [0.1, 0.15) is 17.3 Å². The van der Waals surface area contributed by atoms with Crippen LogP contribution in [-0.4, -0.2) is 44.3 Å². The van der Waals surface area contributed by atoms with Crippen molar-refractivity contribution >= 4 is 29.4 Å². The Labute approximate surface area is 209 Å². The van der Waals surface area contributed by atoms with Crippen LogP contribution in [0.25, 0.3) is 11.4 Å². The maximum Gasteiger partial charge on any atom is 0.223 e. The third-order valence-electron chi connectivity index (χ3n) is 6.23. The SMILES string of the molecule is C/C=C(\N=CCCl)c1nn(-c2ccc(F)c(C)c2)cc1C1CCC(=O)N1CCc1ccc(O)cc1. The molecule has 182 valence electrons. The van der Waals surface area contributed by atoms with Crippen molar-refractivity contribution in [3.63, 3.8) is 0 Å². The van der Waals surface area contributed by atoms with Crippen molar-refractivity contribution in [2.24, 2.45) is 4.99 Å². The quantitative estimate of drug-likeness (QED) is 0.327. The van der Waals surface area contributed by atoms with E-state index in [2.05, 4.69) is 4.99 Å². The number of halogens is 2. The van der Waals surface area contributed by atoms with Gasteiger partial charge >= 0.3 is 0 Å². The number of carbonyl (C=O) groups excluding carboxylic acids is 1. The van der Waals surface area contributed by atoms with E-state index in [9.17, 15) is 14.3 Å². The molecular formula is C27H28ClFN4O2. The molecule has 0 aliphatic carbocycles. The molecule has 1 saturated heterocycles. The molecule has 2 aromatic carbocycles. The van der Waals surface area contributed by atoms with Crippen LogP contribution in [0.2, 0.25) is 0 Å². The molecule has 4 rings (SSSR count). The predicted molar refractivity (Wildman–Crippen MR) is 137 cm³/mol. The molecule has 1 aromatic heterocycles. The van der Waals surface area contributed by atoms with Gasteiger partial charge < -0.3 is 10.0 Å². The summed E-state index contributed by atoms with van der Waals surface area (Å²) in [6.07, 6.45) is 7.20. The van der Waals surface area contributed by atoms with Crippen molar-refractivity contribution in [2.45, 2.75) is 39.2 Å². The Morgan fingerprint density at radius 1 is 1.29 bits per heavy atom. The van der Waals surface area contributed by atoms with Crippen LogP contribution in [0.5, 0.6) is 5.75 Å². The van der Waals surface area contributed by atoms with E-state index in [1.54, 1.807) is 42.1 Å². The number of rotatable bonds is 8. The number of phenolic OH excluding ortho intramolecular Hbond substituents is 1. The van der Waals surface area contributed by atoms with E-state index in [0.717, 1.165) is 16.8 Å². The highest BCUT2D eigenvalue weighted by Gasteiger charge is 2.35. The van der Waals surface area contributed by atoms with E-state index in [0.29, 0.717) is 42.8 Å². The zero-order chi connectivity index (χ0) is 24.9. The summed E-state index contributed by atoms with van der Waals surface area (Å²) in [6, 6.07) is 11.7. The van der Waals surface area contributed by atoms with Crippen LogP contribution in [0.1, 0.15) is 48.2 Å². The molecule has 1 aliphatic rings. The van der Waals surface area contributed by atoms with Crippen LogP contribution >= 0.6 is 11.6 Å². The summed E-state index contributed by atoms with van der Waals surface area (Å²) in [6.45, 7) is 4.14. The first-order valence-electron chi connectivity index (χ1n) is 11.6. The first-order chi connectivity index (χ1) is 16.9. The van der Waals surface area contributed by atoms with E-state index in [1.165, 1.54) is 6.07 Å². The van der Waals surface area contributed by atoms with Gasteiger partial charge in [0.25, 0.3) is 0 Å². The van der Waals surface area contributed by atoms with Gasteiger partial charge in [0.2, 0.25) is 5.91 Å². The number of phenols is 1. The molecule has 1 amide bonds. The molecule has 3 aromatic rings. The number of likely N-dealkylation sites (tertiary alicyclic amines) is 1. The van der Waals surface area contributed by atoms with Crippen molar-refractivity contribution in [3.8, 4) is 11.4 Å². The number of alkyl halides is 1. The minimum Gasteiger partial charge on any atom is -0.508 e. The van der Waals surface area contributed by atoms with E-state index < -0.39 is 0 Å². The van der Waals surface area contributed by atoms with E-state index in [4.69, 9.17) is 16.7 Å². The molecule has 1 unspecified atom stereocenters. The van der Waals surface area contributed by atoms with Gasteiger partial charge in [-0.3, -0.25) is 9.79 Å². The fourth-order valence-corrected chi connectivity index (χ4v) is 4.46. The third-order valence-corrected chi connectivity index (χ3v) is 6.37. The number of aryl methyl sites for hydroxylation is 1. The van der Waals surface area contributed by atoms with Crippen molar-refractivity contribution in [1.29, 1.82) is 0 Å². The molecule has 1 N–H and O–H groups in total. The van der Waals surface area contributed by atoms with Crippen molar-refractivity contribution in [2.75, 3.05) is 12.4 Å². The molecule has 0 radical (unpaired) electrons.